The number of carbonyl (C=O) groups is 1. The van der Waals surface area contributed by atoms with E-state index in [-0.39, 0.29) is 18.4 Å². The second-order valence-corrected chi connectivity index (χ2v) is 8.53. The molecule has 33 heavy (non-hydrogen) atoms. The molecule has 7 heteroatoms. The Labute approximate surface area is 191 Å². The average molecular weight is 444 g/mol. The molecule has 6 rings (SSSR count). The lowest BCUT2D eigenvalue weighted by molar-refractivity contribution is -0.137. The van der Waals surface area contributed by atoms with E-state index in [1.807, 2.05) is 36.4 Å². The van der Waals surface area contributed by atoms with Crippen LogP contribution >= 0.6 is 0 Å². The van der Waals surface area contributed by atoms with Crippen LogP contribution in [-0.4, -0.2) is 37.4 Å². The summed E-state index contributed by atoms with van der Waals surface area (Å²) in [7, 11) is 0. The van der Waals surface area contributed by atoms with Gasteiger partial charge < -0.3 is 29.5 Å². The van der Waals surface area contributed by atoms with Crippen molar-refractivity contribution in [1.29, 1.82) is 0 Å². The molecular weight excluding hydrogens is 420 g/mol. The van der Waals surface area contributed by atoms with Gasteiger partial charge in [-0.1, -0.05) is 30.3 Å². The van der Waals surface area contributed by atoms with Crippen LogP contribution in [0.3, 0.4) is 0 Å². The topological polar surface area (TPSA) is 80.3 Å². The van der Waals surface area contributed by atoms with Crippen molar-refractivity contribution in [2.24, 2.45) is 0 Å². The molecule has 0 radical (unpaired) electrons. The largest absolute Gasteiger partial charge is 0.493 e. The van der Waals surface area contributed by atoms with Crippen LogP contribution in [0.5, 0.6) is 17.2 Å². The van der Waals surface area contributed by atoms with Crippen molar-refractivity contribution in [3.05, 3.63) is 71.8 Å². The van der Waals surface area contributed by atoms with Crippen LogP contribution in [0.2, 0.25) is 0 Å². The van der Waals surface area contributed by atoms with Gasteiger partial charge in [-0.25, -0.2) is 0 Å². The highest BCUT2D eigenvalue weighted by molar-refractivity contribution is 5.76. The number of anilines is 3. The predicted molar refractivity (Wildman–Crippen MR) is 124 cm³/mol. The molecule has 0 aromatic heterocycles. The molecule has 0 saturated heterocycles. The quantitative estimate of drug-likeness (QED) is 0.590. The van der Waals surface area contributed by atoms with Crippen LogP contribution in [0.15, 0.2) is 60.7 Å². The molecule has 0 aliphatic carbocycles. The van der Waals surface area contributed by atoms with Gasteiger partial charge in [0.15, 0.2) is 0 Å². The summed E-state index contributed by atoms with van der Waals surface area (Å²) in [5, 5.41) is 12.7. The van der Waals surface area contributed by atoms with Crippen LogP contribution in [0, 0.1) is 0 Å². The first-order valence-electron chi connectivity index (χ1n) is 11.2. The maximum absolute atomic E-state index is 11.1. The molecule has 0 spiro atoms. The Hall–Kier alpha value is -3.87. The molecule has 3 aromatic rings. The van der Waals surface area contributed by atoms with Crippen LogP contribution in [0.1, 0.15) is 29.5 Å². The summed E-state index contributed by atoms with van der Waals surface area (Å²) in [6.07, 6.45) is 0.0804. The van der Waals surface area contributed by atoms with Gasteiger partial charge in [0, 0.05) is 28.8 Å². The van der Waals surface area contributed by atoms with Gasteiger partial charge in [-0.2, -0.15) is 0 Å². The zero-order chi connectivity index (χ0) is 22.4. The molecule has 0 bridgehead atoms. The Morgan fingerprint density at radius 3 is 2.73 bits per heavy atom. The third-order valence-electron chi connectivity index (χ3n) is 6.47. The van der Waals surface area contributed by atoms with Gasteiger partial charge in [-0.15, -0.1) is 0 Å². The highest BCUT2D eigenvalue weighted by atomic mass is 16.5. The maximum atomic E-state index is 11.1. The van der Waals surface area contributed by atoms with E-state index in [9.17, 15) is 4.79 Å². The number of fused-ring (bicyclic) bond motifs is 3. The van der Waals surface area contributed by atoms with E-state index in [2.05, 4.69) is 34.5 Å². The molecule has 168 valence electrons. The molecule has 2 N–H and O–H groups in total. The number of para-hydroxylation sites is 3. The fourth-order valence-electron chi connectivity index (χ4n) is 4.93. The standard InChI is InChI=1S/C26H24N2O5/c29-25(30)12-16-14-32-24-13-17(8-9-18(16)24)27-20-15-33-26-19(20)4-3-6-22(26)28-10-11-31-23-7-2-1-5-21(23)28/h1-9,13,16,20,27H,10-12,14-15H2,(H,29,30)/t16-,20-/m1/s1. The summed E-state index contributed by atoms with van der Waals surface area (Å²) in [6.45, 7) is 2.32. The van der Waals surface area contributed by atoms with Crippen LogP contribution in [0.4, 0.5) is 17.1 Å². The van der Waals surface area contributed by atoms with Crippen molar-refractivity contribution in [3.8, 4) is 17.2 Å². The number of aliphatic carboxylic acids is 1. The van der Waals surface area contributed by atoms with Crippen molar-refractivity contribution < 1.29 is 24.1 Å². The summed E-state index contributed by atoms with van der Waals surface area (Å²) in [5.74, 6) is 1.63. The molecule has 0 amide bonds. The molecule has 0 saturated carbocycles. The minimum absolute atomic E-state index is 0.00510. The number of ether oxygens (including phenoxy) is 3. The lowest BCUT2D eigenvalue weighted by Crippen LogP contribution is -2.28. The van der Waals surface area contributed by atoms with Gasteiger partial charge in [0.1, 0.15) is 30.5 Å². The van der Waals surface area contributed by atoms with E-state index in [0.717, 1.165) is 52.0 Å². The first kappa shape index (κ1) is 19.8. The molecule has 3 heterocycles. The minimum atomic E-state index is -0.808. The highest BCUT2D eigenvalue weighted by Gasteiger charge is 2.31. The Kier molecular flexibility index (Phi) is 4.75. The zero-order valence-corrected chi connectivity index (χ0v) is 18.0. The summed E-state index contributed by atoms with van der Waals surface area (Å²) in [6, 6.07) is 20.2. The van der Waals surface area contributed by atoms with Crippen LogP contribution in [-0.2, 0) is 4.79 Å². The van der Waals surface area contributed by atoms with Gasteiger partial charge in [-0.05, 0) is 24.3 Å². The first-order valence-corrected chi connectivity index (χ1v) is 11.2. The molecule has 2 atom stereocenters. The molecular formula is C26H24N2O5. The number of hydrogen-bond donors (Lipinski definition) is 2. The SMILES string of the molecule is O=C(O)C[C@@H]1COc2cc(N[C@@H]3COc4c3cccc4N3CCOc4ccccc43)ccc21. The molecule has 3 aliphatic rings. The fraction of sp³-hybridized carbons (Fsp3) is 0.269. The first-order chi connectivity index (χ1) is 16.2. The average Bonchev–Trinajstić information content (AvgIpc) is 3.42. The third-order valence-corrected chi connectivity index (χ3v) is 6.47. The summed E-state index contributed by atoms with van der Waals surface area (Å²) >= 11 is 0. The Morgan fingerprint density at radius 2 is 1.82 bits per heavy atom. The van der Waals surface area contributed by atoms with Gasteiger partial charge >= 0.3 is 5.97 Å². The zero-order valence-electron chi connectivity index (χ0n) is 18.0. The van der Waals surface area contributed by atoms with Crippen LogP contribution < -0.4 is 24.4 Å². The molecule has 3 aromatic carbocycles. The van der Waals surface area contributed by atoms with Gasteiger partial charge in [0.05, 0.1) is 37.0 Å². The van der Waals surface area contributed by atoms with E-state index in [1.165, 1.54) is 0 Å². The Balaban J connectivity index is 1.26. The number of nitrogens with one attached hydrogen (secondary N) is 1. The van der Waals surface area contributed by atoms with Gasteiger partial charge in [0.25, 0.3) is 0 Å². The molecule has 0 fully saturated rings. The number of nitrogens with zero attached hydrogens (tertiary/aromatic N) is 1. The molecule has 7 nitrogen and oxygen atoms in total. The van der Waals surface area contributed by atoms with Crippen molar-refractivity contribution in [2.45, 2.75) is 18.4 Å². The maximum Gasteiger partial charge on any atom is 0.304 e. The molecule has 3 aliphatic heterocycles. The van der Waals surface area contributed by atoms with Crippen LogP contribution in [0.25, 0.3) is 0 Å². The number of carboxylic acid groups (broad SMARTS) is 1. The van der Waals surface area contributed by atoms with Crippen molar-refractivity contribution >= 4 is 23.0 Å². The van der Waals surface area contributed by atoms with Crippen molar-refractivity contribution in [3.63, 3.8) is 0 Å². The van der Waals surface area contributed by atoms with E-state index in [0.29, 0.717) is 19.8 Å². The second-order valence-electron chi connectivity index (χ2n) is 8.53. The summed E-state index contributed by atoms with van der Waals surface area (Å²) in [4.78, 5) is 13.4. The summed E-state index contributed by atoms with van der Waals surface area (Å²) in [5.41, 5.74) is 5.08. The lowest BCUT2D eigenvalue weighted by Gasteiger charge is -2.32. The minimum Gasteiger partial charge on any atom is -0.493 e. The van der Waals surface area contributed by atoms with Gasteiger partial charge in [0.2, 0.25) is 0 Å². The highest BCUT2D eigenvalue weighted by Crippen LogP contribution is 2.47. The second kappa shape index (κ2) is 7.92. The predicted octanol–water partition coefficient (Wildman–Crippen LogP) is 4.71. The van der Waals surface area contributed by atoms with E-state index in [1.54, 1.807) is 0 Å². The van der Waals surface area contributed by atoms with E-state index < -0.39 is 5.97 Å². The van der Waals surface area contributed by atoms with Crippen molar-refractivity contribution in [1.82, 2.24) is 0 Å². The van der Waals surface area contributed by atoms with Gasteiger partial charge in [-0.3, -0.25) is 4.79 Å². The smallest absolute Gasteiger partial charge is 0.304 e. The van der Waals surface area contributed by atoms with E-state index in [4.69, 9.17) is 19.3 Å². The fourth-order valence-corrected chi connectivity index (χ4v) is 4.93. The van der Waals surface area contributed by atoms with Crippen molar-refractivity contribution in [2.75, 3.05) is 36.6 Å². The summed E-state index contributed by atoms with van der Waals surface area (Å²) < 4.78 is 17.8. The third kappa shape index (κ3) is 3.50. The number of hydrogen-bond acceptors (Lipinski definition) is 6. The monoisotopic (exact) mass is 444 g/mol. The number of benzene rings is 3. The Morgan fingerprint density at radius 1 is 0.939 bits per heavy atom. The number of carboxylic acids is 1. The number of rotatable bonds is 5. The molecule has 0 unspecified atom stereocenters. The van der Waals surface area contributed by atoms with E-state index >= 15 is 0 Å². The normalized spacial score (nSPS) is 20.1. The lowest BCUT2D eigenvalue weighted by atomic mass is 9.97. The Bertz CT molecular complexity index is 1230.